The molecule has 0 atom stereocenters. The quantitative estimate of drug-likeness (QED) is 0.399. The Labute approximate surface area is 194 Å². The average molecular weight is 449 g/mol. The van der Waals surface area contributed by atoms with Crippen molar-refractivity contribution in [3.63, 3.8) is 0 Å². The number of hydrogen-bond acceptors (Lipinski definition) is 6. The highest BCUT2D eigenvalue weighted by Gasteiger charge is 2.13. The number of tetrazole rings is 1. The van der Waals surface area contributed by atoms with Gasteiger partial charge in [-0.2, -0.15) is 4.80 Å². The molecule has 0 saturated heterocycles. The van der Waals surface area contributed by atoms with Gasteiger partial charge >= 0.3 is 0 Å². The van der Waals surface area contributed by atoms with Crippen LogP contribution in [-0.4, -0.2) is 37.0 Å². The normalized spacial score (nSPS) is 10.7. The molecule has 2 heterocycles. The Kier molecular flexibility index (Phi) is 5.73. The van der Waals surface area contributed by atoms with Gasteiger partial charge in [-0.1, -0.05) is 60.7 Å². The predicted molar refractivity (Wildman–Crippen MR) is 125 cm³/mol. The van der Waals surface area contributed by atoms with Crippen molar-refractivity contribution in [2.24, 2.45) is 0 Å². The lowest BCUT2D eigenvalue weighted by Crippen LogP contribution is -2.41. The summed E-state index contributed by atoms with van der Waals surface area (Å²) in [5.74, 6) is -0.326. The van der Waals surface area contributed by atoms with E-state index in [2.05, 4.69) is 31.2 Å². The Morgan fingerprint density at radius 3 is 2.38 bits per heavy atom. The van der Waals surface area contributed by atoms with Gasteiger partial charge in [0.25, 0.3) is 11.8 Å². The molecule has 0 radical (unpaired) electrons. The van der Waals surface area contributed by atoms with Crippen LogP contribution in [0.1, 0.15) is 26.3 Å². The third kappa shape index (κ3) is 4.49. The first kappa shape index (κ1) is 21.0. The number of nitrogens with one attached hydrogen (secondary N) is 2. The molecule has 0 saturated carbocycles. The van der Waals surface area contributed by atoms with Crippen LogP contribution in [0.4, 0.5) is 0 Å². The van der Waals surface area contributed by atoms with E-state index in [4.69, 9.17) is 0 Å². The first-order valence-electron chi connectivity index (χ1n) is 10.5. The first-order valence-corrected chi connectivity index (χ1v) is 10.5. The molecule has 5 aromatic rings. The summed E-state index contributed by atoms with van der Waals surface area (Å²) in [6.45, 7) is 0.409. The molecule has 2 aromatic heterocycles. The lowest BCUT2D eigenvalue weighted by atomic mass is 10.1. The number of fused-ring (bicyclic) bond motifs is 1. The van der Waals surface area contributed by atoms with Crippen LogP contribution in [0.15, 0.2) is 91.1 Å². The monoisotopic (exact) mass is 449 g/mol. The van der Waals surface area contributed by atoms with Gasteiger partial charge in [-0.15, -0.1) is 10.2 Å². The van der Waals surface area contributed by atoms with Gasteiger partial charge in [-0.05, 0) is 35.0 Å². The maximum Gasteiger partial charge on any atom is 0.271 e. The number of rotatable bonds is 5. The minimum absolute atomic E-state index is 0.379. The van der Waals surface area contributed by atoms with Gasteiger partial charge < -0.3 is 0 Å². The van der Waals surface area contributed by atoms with Crippen molar-refractivity contribution in [2.75, 3.05) is 0 Å². The number of hydrogen-bond donors (Lipinski definition) is 2. The molecule has 0 aliphatic carbocycles. The molecule has 0 unspecified atom stereocenters. The van der Waals surface area contributed by atoms with E-state index in [-0.39, 0.29) is 0 Å². The second-order valence-electron chi connectivity index (χ2n) is 7.50. The van der Waals surface area contributed by atoms with Gasteiger partial charge in [0.15, 0.2) is 0 Å². The minimum atomic E-state index is -0.444. The summed E-state index contributed by atoms with van der Waals surface area (Å²) in [6.07, 6.45) is 1.62. The van der Waals surface area contributed by atoms with Crippen molar-refractivity contribution in [3.05, 3.63) is 108 Å². The Morgan fingerprint density at radius 2 is 1.56 bits per heavy atom. The van der Waals surface area contributed by atoms with Crippen LogP contribution < -0.4 is 10.9 Å². The number of benzene rings is 3. The molecule has 2 amide bonds. The molecule has 0 spiro atoms. The zero-order valence-electron chi connectivity index (χ0n) is 17.9. The first-order chi connectivity index (χ1) is 16.7. The Bertz CT molecular complexity index is 1460. The molecule has 34 heavy (non-hydrogen) atoms. The highest BCUT2D eigenvalue weighted by atomic mass is 16.2. The number of carbonyl (C=O) groups is 2. The van der Waals surface area contributed by atoms with E-state index in [9.17, 15) is 9.59 Å². The molecule has 0 aliphatic heterocycles. The molecule has 166 valence electrons. The molecule has 9 nitrogen and oxygen atoms in total. The van der Waals surface area contributed by atoms with Crippen molar-refractivity contribution >= 4 is 22.7 Å². The standard InChI is InChI=1S/C25H19N7O2/c33-24(28-29-25(34)21-10-4-8-18-9-5-15-26-22(18)21)20-13-11-17(12-14-20)16-32-30-23(27-31-32)19-6-2-1-3-7-19/h1-15H,16H2,(H,28,33)(H,29,34). The third-order valence-corrected chi connectivity index (χ3v) is 5.19. The Balaban J connectivity index is 1.20. The summed E-state index contributed by atoms with van der Waals surface area (Å²) in [4.78, 5) is 30.8. The molecule has 0 aliphatic rings. The summed E-state index contributed by atoms with van der Waals surface area (Å²) in [6, 6.07) is 25.5. The van der Waals surface area contributed by atoms with Gasteiger partial charge in [0.1, 0.15) is 0 Å². The van der Waals surface area contributed by atoms with Crippen LogP contribution >= 0.6 is 0 Å². The van der Waals surface area contributed by atoms with Gasteiger partial charge in [0, 0.05) is 22.7 Å². The fraction of sp³-hybridized carbons (Fsp3) is 0.0400. The SMILES string of the molecule is O=C(NNC(=O)c1cccc2cccnc12)c1ccc(Cn2nnc(-c3ccccc3)n2)cc1. The van der Waals surface area contributed by atoms with Gasteiger partial charge in [-0.3, -0.25) is 25.4 Å². The zero-order chi connectivity index (χ0) is 23.3. The molecule has 0 fully saturated rings. The number of amides is 2. The lowest BCUT2D eigenvalue weighted by Gasteiger charge is -2.09. The summed E-state index contributed by atoms with van der Waals surface area (Å²) in [5, 5.41) is 13.4. The molecule has 9 heteroatoms. The molecule has 5 rings (SSSR count). The molecular weight excluding hydrogens is 430 g/mol. The predicted octanol–water partition coefficient (Wildman–Crippen LogP) is 3.01. The van der Waals surface area contributed by atoms with E-state index >= 15 is 0 Å². The van der Waals surface area contributed by atoms with Crippen molar-refractivity contribution in [2.45, 2.75) is 6.54 Å². The highest BCUT2D eigenvalue weighted by molar-refractivity contribution is 6.06. The Morgan fingerprint density at radius 1 is 0.794 bits per heavy atom. The second-order valence-corrected chi connectivity index (χ2v) is 7.50. The van der Waals surface area contributed by atoms with Crippen LogP contribution in [0.25, 0.3) is 22.3 Å². The van der Waals surface area contributed by atoms with Crippen molar-refractivity contribution < 1.29 is 9.59 Å². The maximum atomic E-state index is 12.6. The van der Waals surface area contributed by atoms with Gasteiger partial charge in [0.05, 0.1) is 17.6 Å². The van der Waals surface area contributed by atoms with Crippen LogP contribution in [0.5, 0.6) is 0 Å². The number of para-hydroxylation sites is 1. The van der Waals surface area contributed by atoms with E-state index in [1.165, 1.54) is 4.80 Å². The molecule has 0 bridgehead atoms. The maximum absolute atomic E-state index is 12.6. The fourth-order valence-electron chi connectivity index (χ4n) is 3.48. The van der Waals surface area contributed by atoms with E-state index in [1.807, 2.05) is 42.5 Å². The van der Waals surface area contributed by atoms with Gasteiger partial charge in [0.2, 0.25) is 5.82 Å². The van der Waals surface area contributed by atoms with Gasteiger partial charge in [-0.25, -0.2) is 0 Å². The largest absolute Gasteiger partial charge is 0.271 e. The smallest absolute Gasteiger partial charge is 0.267 e. The number of nitrogens with zero attached hydrogens (tertiary/aromatic N) is 5. The minimum Gasteiger partial charge on any atom is -0.267 e. The topological polar surface area (TPSA) is 115 Å². The van der Waals surface area contributed by atoms with E-state index in [0.717, 1.165) is 16.5 Å². The summed E-state index contributed by atoms with van der Waals surface area (Å²) in [7, 11) is 0. The summed E-state index contributed by atoms with van der Waals surface area (Å²) >= 11 is 0. The molecule has 2 N–H and O–H groups in total. The van der Waals surface area contributed by atoms with E-state index < -0.39 is 11.8 Å². The van der Waals surface area contributed by atoms with Crippen LogP contribution in [-0.2, 0) is 6.54 Å². The van der Waals surface area contributed by atoms with Crippen LogP contribution in [0, 0.1) is 0 Å². The van der Waals surface area contributed by atoms with E-state index in [0.29, 0.717) is 29.0 Å². The highest BCUT2D eigenvalue weighted by Crippen LogP contribution is 2.16. The number of hydrazine groups is 1. The van der Waals surface area contributed by atoms with Crippen LogP contribution in [0.2, 0.25) is 0 Å². The summed E-state index contributed by atoms with van der Waals surface area (Å²) < 4.78 is 0. The number of pyridine rings is 1. The molecular formula is C25H19N7O2. The third-order valence-electron chi connectivity index (χ3n) is 5.19. The lowest BCUT2D eigenvalue weighted by molar-refractivity contribution is 0.0847. The fourth-order valence-corrected chi connectivity index (χ4v) is 3.48. The van der Waals surface area contributed by atoms with Crippen molar-refractivity contribution in [1.82, 2.24) is 36.0 Å². The number of aromatic nitrogens is 5. The summed E-state index contributed by atoms with van der Waals surface area (Å²) in [5.41, 5.74) is 8.04. The zero-order valence-corrected chi connectivity index (χ0v) is 17.9. The van der Waals surface area contributed by atoms with Crippen molar-refractivity contribution in [1.29, 1.82) is 0 Å². The molecule has 3 aromatic carbocycles. The van der Waals surface area contributed by atoms with Crippen molar-refractivity contribution in [3.8, 4) is 11.4 Å². The Hall–Kier alpha value is -4.92. The number of carbonyl (C=O) groups excluding carboxylic acids is 2. The van der Waals surface area contributed by atoms with E-state index in [1.54, 1.807) is 48.7 Å². The second kappa shape index (κ2) is 9.29. The average Bonchev–Trinajstić information content (AvgIpc) is 3.36. The van der Waals surface area contributed by atoms with Crippen LogP contribution in [0.3, 0.4) is 0 Å².